The third-order valence-corrected chi connectivity index (χ3v) is 7.88. The van der Waals surface area contributed by atoms with Crippen LogP contribution in [0.5, 0.6) is 5.75 Å². The second-order valence-electron chi connectivity index (χ2n) is 9.92. The van der Waals surface area contributed by atoms with Crippen molar-refractivity contribution in [1.82, 2.24) is 0 Å². The van der Waals surface area contributed by atoms with Gasteiger partial charge in [-0.25, -0.2) is 0 Å². The van der Waals surface area contributed by atoms with Crippen molar-refractivity contribution in [3.8, 4) is 16.9 Å². The third-order valence-electron chi connectivity index (χ3n) is 7.88. The van der Waals surface area contributed by atoms with Gasteiger partial charge in [0.2, 0.25) is 0 Å². The van der Waals surface area contributed by atoms with Gasteiger partial charge in [-0.3, -0.25) is 4.79 Å². The minimum absolute atomic E-state index is 0.219. The van der Waals surface area contributed by atoms with Crippen molar-refractivity contribution in [3.05, 3.63) is 59.7 Å². The average molecular weight is 417 g/mol. The maximum absolute atomic E-state index is 11.3. The summed E-state index contributed by atoms with van der Waals surface area (Å²) in [5.41, 5.74) is 5.32. The summed E-state index contributed by atoms with van der Waals surface area (Å²) in [5.74, 6) is 3.58. The van der Waals surface area contributed by atoms with Gasteiger partial charge in [0.05, 0.1) is 20.6 Å². The fourth-order valence-electron chi connectivity index (χ4n) is 6.90. The zero-order chi connectivity index (χ0) is 21.4. The summed E-state index contributed by atoms with van der Waals surface area (Å²) in [7, 11) is 3.23. The van der Waals surface area contributed by atoms with Gasteiger partial charge in [0.15, 0.2) is 0 Å². The van der Waals surface area contributed by atoms with Crippen LogP contribution in [-0.2, 0) is 14.9 Å². The van der Waals surface area contributed by atoms with Crippen molar-refractivity contribution >= 4 is 12.0 Å². The van der Waals surface area contributed by atoms with Crippen molar-refractivity contribution in [2.75, 3.05) is 14.2 Å². The van der Waals surface area contributed by atoms with Gasteiger partial charge in [0.1, 0.15) is 5.75 Å². The Morgan fingerprint density at radius 1 is 0.935 bits per heavy atom. The highest BCUT2D eigenvalue weighted by atomic mass is 16.5. The summed E-state index contributed by atoms with van der Waals surface area (Å²) >= 11 is 0. The Balaban J connectivity index is 1.42. The molecule has 0 N–H and O–H groups in total. The summed E-state index contributed by atoms with van der Waals surface area (Å²) in [6, 6.07) is 15.3. The van der Waals surface area contributed by atoms with Crippen LogP contribution >= 0.6 is 0 Å². The van der Waals surface area contributed by atoms with Crippen LogP contribution in [0.3, 0.4) is 0 Å². The number of esters is 1. The summed E-state index contributed by atoms with van der Waals surface area (Å²) in [6.07, 6.45) is 12.5. The van der Waals surface area contributed by atoms with Gasteiger partial charge in [-0.05, 0) is 90.5 Å². The van der Waals surface area contributed by atoms with Crippen LogP contribution in [0.25, 0.3) is 17.2 Å². The van der Waals surface area contributed by atoms with Crippen molar-refractivity contribution in [3.63, 3.8) is 0 Å². The van der Waals surface area contributed by atoms with E-state index >= 15 is 0 Å². The molecule has 0 unspecified atom stereocenters. The van der Waals surface area contributed by atoms with E-state index in [2.05, 4.69) is 47.2 Å². The molecule has 0 radical (unpaired) electrons. The summed E-state index contributed by atoms with van der Waals surface area (Å²) < 4.78 is 10.6. The Labute approximate surface area is 185 Å². The monoisotopic (exact) mass is 416 g/mol. The number of carbonyl (C=O) groups is 1. The Bertz CT molecular complexity index is 951. The molecule has 0 atom stereocenters. The van der Waals surface area contributed by atoms with E-state index < -0.39 is 0 Å². The van der Waals surface area contributed by atoms with Gasteiger partial charge in [-0.2, -0.15) is 0 Å². The molecule has 4 aliphatic rings. The minimum atomic E-state index is -0.219. The van der Waals surface area contributed by atoms with E-state index in [-0.39, 0.29) is 5.97 Å². The normalized spacial score (nSPS) is 28.8. The van der Waals surface area contributed by atoms with Crippen molar-refractivity contribution in [1.29, 1.82) is 0 Å². The second-order valence-corrected chi connectivity index (χ2v) is 9.92. The number of methoxy groups -OCH3 is 2. The highest BCUT2D eigenvalue weighted by Gasteiger charge is 2.52. The number of hydrogen-bond acceptors (Lipinski definition) is 3. The van der Waals surface area contributed by atoms with Crippen LogP contribution in [0.1, 0.15) is 56.1 Å². The fraction of sp³-hybridized carbons (Fsp3) is 0.464. The highest BCUT2D eigenvalue weighted by Crippen LogP contribution is 2.62. The Hall–Kier alpha value is -2.55. The zero-order valence-electron chi connectivity index (χ0n) is 18.6. The van der Waals surface area contributed by atoms with Crippen LogP contribution in [0.2, 0.25) is 0 Å². The molecule has 0 heterocycles. The van der Waals surface area contributed by atoms with E-state index in [1.807, 2.05) is 19.3 Å². The van der Waals surface area contributed by atoms with Crippen LogP contribution in [0.4, 0.5) is 0 Å². The molecule has 0 aromatic heterocycles. The number of benzene rings is 2. The van der Waals surface area contributed by atoms with Gasteiger partial charge in [0, 0.05) is 5.56 Å². The lowest BCUT2D eigenvalue weighted by Gasteiger charge is -2.57. The predicted molar refractivity (Wildman–Crippen MR) is 124 cm³/mol. The largest absolute Gasteiger partial charge is 0.496 e. The van der Waals surface area contributed by atoms with Crippen molar-refractivity contribution in [2.45, 2.75) is 50.4 Å². The molecule has 6 rings (SSSR count). The molecule has 4 saturated carbocycles. The van der Waals surface area contributed by atoms with Crippen molar-refractivity contribution < 1.29 is 14.3 Å². The zero-order valence-corrected chi connectivity index (χ0v) is 18.6. The number of ether oxygens (including phenoxy) is 2. The molecule has 2 aromatic carbocycles. The summed E-state index contributed by atoms with van der Waals surface area (Å²) in [4.78, 5) is 11.3. The second kappa shape index (κ2) is 8.18. The van der Waals surface area contributed by atoms with Crippen LogP contribution < -0.4 is 4.74 Å². The molecule has 0 aliphatic heterocycles. The minimum Gasteiger partial charge on any atom is -0.496 e. The van der Waals surface area contributed by atoms with Crippen LogP contribution in [-0.4, -0.2) is 20.2 Å². The molecule has 2 aromatic rings. The van der Waals surface area contributed by atoms with E-state index in [4.69, 9.17) is 4.74 Å². The quantitative estimate of drug-likeness (QED) is 0.511. The van der Waals surface area contributed by atoms with E-state index in [1.54, 1.807) is 0 Å². The highest BCUT2D eigenvalue weighted by molar-refractivity contribution is 5.73. The van der Waals surface area contributed by atoms with E-state index in [0.29, 0.717) is 11.8 Å². The molecule has 3 heteroatoms. The summed E-state index contributed by atoms with van der Waals surface area (Å²) in [6.45, 7) is 0. The predicted octanol–water partition coefficient (Wildman–Crippen LogP) is 6.41. The van der Waals surface area contributed by atoms with E-state index in [9.17, 15) is 4.79 Å². The lowest BCUT2D eigenvalue weighted by molar-refractivity contribution is -0.139. The molecule has 0 amide bonds. The van der Waals surface area contributed by atoms with Gasteiger partial charge in [0.25, 0.3) is 0 Å². The Morgan fingerprint density at radius 2 is 1.55 bits per heavy atom. The molecule has 4 aliphatic carbocycles. The number of carbonyl (C=O) groups excluding carboxylic acids is 1. The number of rotatable bonds is 6. The molecular weight excluding hydrogens is 384 g/mol. The van der Waals surface area contributed by atoms with Gasteiger partial charge in [-0.1, -0.05) is 42.5 Å². The molecule has 4 fully saturated rings. The molecule has 0 saturated heterocycles. The molecule has 162 valence electrons. The molecule has 4 bridgehead atoms. The third kappa shape index (κ3) is 3.91. The molecule has 0 spiro atoms. The summed E-state index contributed by atoms with van der Waals surface area (Å²) in [5, 5.41) is 0. The maximum atomic E-state index is 11.3. The molecule has 31 heavy (non-hydrogen) atoms. The first-order valence-corrected chi connectivity index (χ1v) is 11.6. The van der Waals surface area contributed by atoms with Gasteiger partial charge < -0.3 is 9.47 Å². The van der Waals surface area contributed by atoms with E-state index in [0.717, 1.165) is 29.1 Å². The van der Waals surface area contributed by atoms with Gasteiger partial charge in [-0.15, -0.1) is 0 Å². The fourth-order valence-corrected chi connectivity index (χ4v) is 6.90. The average Bonchev–Trinajstić information content (AvgIpc) is 2.78. The molecule has 3 nitrogen and oxygen atoms in total. The Kier molecular flexibility index (Phi) is 5.37. The number of hydrogen-bond donors (Lipinski definition) is 0. The first kappa shape index (κ1) is 20.4. The smallest absolute Gasteiger partial charge is 0.309 e. The van der Waals surface area contributed by atoms with Crippen LogP contribution in [0, 0.1) is 17.8 Å². The van der Waals surface area contributed by atoms with E-state index in [1.165, 1.54) is 62.3 Å². The molecular formula is C28H32O3. The lowest BCUT2D eigenvalue weighted by atomic mass is 9.48. The SMILES string of the molecule is COC(=O)C/C=C/c1ccc(-c2ccc(OC)c(C34CC5CC(CC(C5)C3)C4)c2)cc1. The van der Waals surface area contributed by atoms with Crippen molar-refractivity contribution in [2.24, 2.45) is 17.8 Å². The lowest BCUT2D eigenvalue weighted by Crippen LogP contribution is -2.48. The topological polar surface area (TPSA) is 35.5 Å². The standard InChI is InChI=1S/C28H32O3/c1-30-26-11-10-24(23-8-6-19(7-9-23)4-3-5-27(29)31-2)15-25(26)28-16-20-12-21(17-28)14-22(13-20)18-28/h3-4,6-11,15,20-22H,5,12-14,16-18H2,1-2H3/b4-3+. The van der Waals surface area contributed by atoms with Crippen LogP contribution in [0.15, 0.2) is 48.5 Å². The maximum Gasteiger partial charge on any atom is 0.309 e. The first-order chi connectivity index (χ1) is 15.1. The Morgan fingerprint density at radius 3 is 2.13 bits per heavy atom. The van der Waals surface area contributed by atoms with Gasteiger partial charge >= 0.3 is 5.97 Å². The first-order valence-electron chi connectivity index (χ1n) is 11.6.